The maximum Gasteiger partial charge on any atom is 0.255 e. The van der Waals surface area contributed by atoms with Crippen molar-refractivity contribution < 1.29 is 0 Å². The molecule has 1 aromatic heterocycles. The lowest BCUT2D eigenvalue weighted by molar-refractivity contribution is 0.561. The molecule has 0 radical (unpaired) electrons. The summed E-state index contributed by atoms with van der Waals surface area (Å²) in [7, 11) is 0. The molecule has 2 rings (SSSR count). The van der Waals surface area contributed by atoms with Crippen LogP contribution in [0, 0.1) is 0 Å². The fourth-order valence-electron chi connectivity index (χ4n) is 1.67. The summed E-state index contributed by atoms with van der Waals surface area (Å²) in [6.07, 6.45) is 2.24. The first-order valence-corrected chi connectivity index (χ1v) is 4.30. The number of nitrogen functional groups attached to an aromatic ring is 1. The molecule has 0 saturated carbocycles. The van der Waals surface area contributed by atoms with Gasteiger partial charge in [0.1, 0.15) is 0 Å². The van der Waals surface area contributed by atoms with Gasteiger partial charge in [0.15, 0.2) is 0 Å². The number of aryl methyl sites for hydroxylation is 1. The van der Waals surface area contributed by atoms with Gasteiger partial charge >= 0.3 is 0 Å². The van der Waals surface area contributed by atoms with Crippen LogP contribution in [0.1, 0.15) is 17.7 Å². The highest BCUT2D eigenvalue weighted by molar-refractivity contribution is 5.28. The van der Waals surface area contributed by atoms with Gasteiger partial charge in [-0.3, -0.25) is 9.78 Å². The van der Waals surface area contributed by atoms with Crippen LogP contribution in [0.25, 0.3) is 0 Å². The Hall–Kier alpha value is -1.36. The van der Waals surface area contributed by atoms with E-state index in [2.05, 4.69) is 9.97 Å². The topological polar surface area (TPSA) is 97.8 Å². The van der Waals surface area contributed by atoms with Gasteiger partial charge in [-0.15, -0.1) is 0 Å². The zero-order valence-corrected chi connectivity index (χ0v) is 7.21. The van der Waals surface area contributed by atoms with Crippen LogP contribution in [-0.4, -0.2) is 16.0 Å². The predicted octanol–water partition coefficient (Wildman–Crippen LogP) is -0.832. The number of aromatic amines is 1. The number of anilines is 1. The Morgan fingerprint density at radius 1 is 1.54 bits per heavy atom. The van der Waals surface area contributed by atoms with Gasteiger partial charge in [-0.1, -0.05) is 0 Å². The summed E-state index contributed by atoms with van der Waals surface area (Å²) in [5.74, 6) is 0.194. The van der Waals surface area contributed by atoms with Crippen molar-refractivity contribution in [3.8, 4) is 0 Å². The molecule has 0 spiro atoms. The third-order valence-electron chi connectivity index (χ3n) is 2.34. The summed E-state index contributed by atoms with van der Waals surface area (Å²) in [6, 6.07) is 0.0824. The maximum absolute atomic E-state index is 11.4. The highest BCUT2D eigenvalue weighted by Crippen LogP contribution is 2.15. The Bertz CT molecular complexity index is 384. The molecule has 1 heterocycles. The average molecular weight is 180 g/mol. The van der Waals surface area contributed by atoms with E-state index in [1.165, 1.54) is 0 Å². The Morgan fingerprint density at radius 3 is 3.08 bits per heavy atom. The summed E-state index contributed by atoms with van der Waals surface area (Å²) < 4.78 is 0. The van der Waals surface area contributed by atoms with Crippen molar-refractivity contribution in [2.45, 2.75) is 25.3 Å². The zero-order chi connectivity index (χ0) is 9.42. The maximum atomic E-state index is 11.4. The van der Waals surface area contributed by atoms with Crippen molar-refractivity contribution in [3.63, 3.8) is 0 Å². The molecule has 1 atom stereocenters. The summed E-state index contributed by atoms with van der Waals surface area (Å²) in [6.45, 7) is 0. The number of nitrogens with two attached hydrogens (primary N) is 2. The second-order valence-corrected chi connectivity index (χ2v) is 3.38. The number of rotatable bonds is 0. The van der Waals surface area contributed by atoms with E-state index in [1.807, 2.05) is 0 Å². The average Bonchev–Trinajstić information content (AvgIpc) is 2.06. The van der Waals surface area contributed by atoms with Gasteiger partial charge in [0.05, 0.1) is 5.69 Å². The molecule has 0 saturated heterocycles. The van der Waals surface area contributed by atoms with Crippen LogP contribution in [0.4, 0.5) is 5.95 Å². The van der Waals surface area contributed by atoms with E-state index in [4.69, 9.17) is 11.5 Å². The predicted molar refractivity (Wildman–Crippen MR) is 49.3 cm³/mol. The molecular weight excluding hydrogens is 168 g/mol. The molecule has 5 N–H and O–H groups in total. The molecule has 1 aliphatic rings. The highest BCUT2D eigenvalue weighted by Gasteiger charge is 2.19. The lowest BCUT2D eigenvalue weighted by Gasteiger charge is -2.19. The van der Waals surface area contributed by atoms with E-state index in [1.54, 1.807) is 0 Å². The number of aromatic nitrogens is 2. The first-order chi connectivity index (χ1) is 6.16. The Labute approximate surface area is 75.2 Å². The molecule has 0 aliphatic heterocycles. The monoisotopic (exact) mass is 180 g/mol. The molecule has 5 nitrogen and oxygen atoms in total. The first kappa shape index (κ1) is 8.25. The second kappa shape index (κ2) is 2.85. The van der Waals surface area contributed by atoms with Gasteiger partial charge < -0.3 is 11.5 Å². The van der Waals surface area contributed by atoms with E-state index in [0.717, 1.165) is 18.5 Å². The number of nitrogens with one attached hydrogen (secondary N) is 1. The lowest BCUT2D eigenvalue weighted by Crippen LogP contribution is -2.33. The smallest absolute Gasteiger partial charge is 0.255 e. The molecule has 0 fully saturated rings. The van der Waals surface area contributed by atoms with Crippen LogP contribution in [0.2, 0.25) is 0 Å². The molecule has 0 amide bonds. The van der Waals surface area contributed by atoms with Crippen LogP contribution in [0.5, 0.6) is 0 Å². The lowest BCUT2D eigenvalue weighted by atomic mass is 9.93. The minimum Gasteiger partial charge on any atom is -0.369 e. The van der Waals surface area contributed by atoms with Crippen LogP contribution < -0.4 is 17.0 Å². The second-order valence-electron chi connectivity index (χ2n) is 3.38. The third-order valence-corrected chi connectivity index (χ3v) is 2.34. The molecule has 13 heavy (non-hydrogen) atoms. The molecule has 1 aromatic rings. The number of H-pyrrole nitrogens is 1. The fraction of sp³-hybridized carbons (Fsp3) is 0.500. The van der Waals surface area contributed by atoms with E-state index in [0.29, 0.717) is 12.0 Å². The largest absolute Gasteiger partial charge is 0.369 e. The quantitative estimate of drug-likeness (QED) is 0.485. The molecular formula is C8H12N4O. The summed E-state index contributed by atoms with van der Waals surface area (Å²) in [5, 5.41) is 0. The summed E-state index contributed by atoms with van der Waals surface area (Å²) >= 11 is 0. The minimum atomic E-state index is -0.141. The van der Waals surface area contributed by atoms with E-state index >= 15 is 0 Å². The van der Waals surface area contributed by atoms with Crippen LogP contribution in [0.3, 0.4) is 0 Å². The SMILES string of the molecule is Nc1nc2c(c(=O)[nH]1)C[C@@H](N)CC2. The zero-order valence-electron chi connectivity index (χ0n) is 7.21. The van der Waals surface area contributed by atoms with Gasteiger partial charge in [0, 0.05) is 11.6 Å². The number of hydrogen-bond acceptors (Lipinski definition) is 4. The molecule has 0 unspecified atom stereocenters. The van der Waals surface area contributed by atoms with E-state index in [-0.39, 0.29) is 17.5 Å². The van der Waals surface area contributed by atoms with Gasteiger partial charge in [0.25, 0.3) is 5.56 Å². The molecule has 5 heteroatoms. The van der Waals surface area contributed by atoms with Crippen molar-refractivity contribution in [1.82, 2.24) is 9.97 Å². The van der Waals surface area contributed by atoms with Crippen molar-refractivity contribution in [2.75, 3.05) is 5.73 Å². The van der Waals surface area contributed by atoms with Crippen LogP contribution in [0.15, 0.2) is 4.79 Å². The highest BCUT2D eigenvalue weighted by atomic mass is 16.1. The van der Waals surface area contributed by atoms with Crippen LogP contribution >= 0.6 is 0 Å². The van der Waals surface area contributed by atoms with Gasteiger partial charge in [-0.25, -0.2) is 4.98 Å². The molecule has 0 aromatic carbocycles. The molecule has 0 bridgehead atoms. The third kappa shape index (κ3) is 1.42. The number of fused-ring (bicyclic) bond motifs is 1. The van der Waals surface area contributed by atoms with Crippen molar-refractivity contribution in [2.24, 2.45) is 5.73 Å². The van der Waals surface area contributed by atoms with Crippen LogP contribution in [-0.2, 0) is 12.8 Å². The Kier molecular flexibility index (Phi) is 1.81. The van der Waals surface area contributed by atoms with Crippen molar-refractivity contribution in [3.05, 3.63) is 21.6 Å². The van der Waals surface area contributed by atoms with Crippen molar-refractivity contribution in [1.29, 1.82) is 0 Å². The summed E-state index contributed by atoms with van der Waals surface area (Å²) in [5.41, 5.74) is 12.5. The minimum absolute atomic E-state index is 0.0824. The van der Waals surface area contributed by atoms with Gasteiger partial charge in [-0.05, 0) is 19.3 Å². The number of hydrogen-bond donors (Lipinski definition) is 3. The molecule has 1 aliphatic carbocycles. The van der Waals surface area contributed by atoms with Crippen molar-refractivity contribution >= 4 is 5.95 Å². The standard InChI is InChI=1S/C8H12N4O/c9-4-1-2-6-5(3-4)7(13)12-8(10)11-6/h4H,1-3,9H2,(H3,10,11,12,13)/t4-/m0/s1. The molecule has 70 valence electrons. The normalized spacial score (nSPS) is 21.2. The fourth-order valence-corrected chi connectivity index (χ4v) is 1.67. The van der Waals surface area contributed by atoms with Gasteiger partial charge in [0.2, 0.25) is 5.95 Å². The number of nitrogens with zero attached hydrogens (tertiary/aromatic N) is 1. The van der Waals surface area contributed by atoms with E-state index in [9.17, 15) is 4.79 Å². The summed E-state index contributed by atoms with van der Waals surface area (Å²) in [4.78, 5) is 17.9. The Morgan fingerprint density at radius 2 is 2.31 bits per heavy atom. The Balaban J connectivity index is 2.53. The van der Waals surface area contributed by atoms with Gasteiger partial charge in [-0.2, -0.15) is 0 Å². The van der Waals surface area contributed by atoms with E-state index < -0.39 is 0 Å². The first-order valence-electron chi connectivity index (χ1n) is 4.30.